The van der Waals surface area contributed by atoms with Crippen LogP contribution >= 0.6 is 0 Å². The number of esters is 9. The fraction of sp³-hybridized carbons (Fsp3) is 0.787. The number of aliphatic hydroxyl groups is 1. The van der Waals surface area contributed by atoms with Crippen molar-refractivity contribution in [3.05, 3.63) is 0 Å². The Kier molecular flexibility index (Phi) is 57.4. The fourth-order valence-electron chi connectivity index (χ4n) is 15.3. The first-order valence-corrected chi connectivity index (χ1v) is 46.5. The zero-order valence-corrected chi connectivity index (χ0v) is 80.8. The SMILES string of the molecule is CC(=O)N[C@H]1[C@H](OCCCCC(=O)NCCCNC(=O)CCOC2[C@H](OCCC(=O)NCCCNC(=O)CCCCO[C@@H]3O[C@H](COC(C)=O)[C@H](OC(C)=O)[C@H](OC(C)=O)[C@H]3NC(C)=O)CC(C(=O)N(C)CCCCCCO)C[C@H]2OCCC(=O)NCCCNC(=O)CCCCO[C@@H]2O[C@H](COC(C)=O)[C@H](OC(C)=O)[C@H](OC(C)=O)[C@H]2NC(C)=O)O[C@H](COC(C)=O)[C@H](OC(C)=O)[C@@H]1OC(C)=O. The van der Waals surface area contributed by atoms with Crippen molar-refractivity contribution in [2.24, 2.45) is 5.92 Å². The lowest BCUT2D eigenvalue weighted by Gasteiger charge is -2.44. The maximum Gasteiger partial charge on any atom is 0.303 e. The number of unbranched alkanes of at least 4 members (excludes halogenated alkanes) is 6. The molecule has 1 saturated carbocycles. The van der Waals surface area contributed by atoms with Gasteiger partial charge in [-0.1, -0.05) is 12.8 Å². The first-order chi connectivity index (χ1) is 65.2. The van der Waals surface area contributed by atoms with Gasteiger partial charge in [0.1, 0.15) is 62.4 Å². The van der Waals surface area contributed by atoms with Gasteiger partial charge in [-0.3, -0.25) is 91.1 Å². The summed E-state index contributed by atoms with van der Waals surface area (Å²) in [7, 11) is 1.68. The van der Waals surface area contributed by atoms with Crippen LogP contribution in [0.5, 0.6) is 0 Å². The quantitative estimate of drug-likeness (QED) is 0.0201. The van der Waals surface area contributed by atoms with E-state index in [0.717, 1.165) is 75.2 Å². The van der Waals surface area contributed by atoms with Gasteiger partial charge in [-0.25, -0.2) is 0 Å². The van der Waals surface area contributed by atoms with E-state index in [2.05, 4.69) is 47.9 Å². The Hall–Kier alpha value is -10.5. The highest BCUT2D eigenvalue weighted by atomic mass is 16.7. The monoisotopic (exact) mass is 1960 g/mol. The summed E-state index contributed by atoms with van der Waals surface area (Å²) >= 11 is 0. The Morgan fingerprint density at radius 3 is 0.832 bits per heavy atom. The number of carbonyl (C=O) groups is 19. The molecule has 10 N–H and O–H groups in total. The average Bonchev–Trinajstić information content (AvgIpc) is 0.791. The molecule has 137 heavy (non-hydrogen) atoms. The largest absolute Gasteiger partial charge is 0.463 e. The van der Waals surface area contributed by atoms with Gasteiger partial charge >= 0.3 is 53.7 Å². The van der Waals surface area contributed by atoms with Gasteiger partial charge in [0.05, 0.1) is 32.0 Å². The van der Waals surface area contributed by atoms with E-state index < -0.39 is 225 Å². The van der Waals surface area contributed by atoms with Gasteiger partial charge in [-0.05, 0) is 83.5 Å². The summed E-state index contributed by atoms with van der Waals surface area (Å²) in [5, 5.41) is 34.1. The number of hydrogen-bond donors (Lipinski definition) is 10. The molecule has 0 aromatic heterocycles. The average molecular weight is 1960 g/mol. The standard InChI is InChI=1S/C89H144N10O38/c1-52(101)96-76-83(132-61(10)110)80(129-58(7)107)67(49-126-55(4)104)135-87(76)123-41-21-16-27-70(113)90-33-24-36-93-73(116)30-44-120-65-47-64(86(119)99(13)39-19-14-15-20-40-100)48-66(121-45-31-74(117)94-37-25-34-91-71(114)28-17-22-42-124-88-77(97-53(2)102)84(133-62(11)111)81(130-59(8)108)68(136-88)50-127-56(5)105)79(65)122-46-32-75(118)95-38-26-35-92-72(115)29-18-23-43-125-89-78(98-54(3)103)85(134-63(12)112)82(131-60(9)109)69(137-89)51-128-57(6)106/h64-69,76-85,87-89,100H,14-51H2,1-13H3,(H,90,113)(H,91,114)(H,92,115)(H,93,116)(H,94,117)(H,95,118)(H,96,101)(H,97,102)(H,98,103)/t64?,65-,66-,67-,68-,69-,76-,77-,78-,79?,80+,81+,82+,83-,84-,85-,87-,88-,89-/m1/s1. The smallest absolute Gasteiger partial charge is 0.303 e. The van der Waals surface area contributed by atoms with Crippen LogP contribution in [0.25, 0.3) is 0 Å². The molecule has 3 aliphatic heterocycles. The Morgan fingerprint density at radius 1 is 0.292 bits per heavy atom. The number of nitrogens with zero attached hydrogens (tertiary/aromatic N) is 1. The van der Waals surface area contributed by atoms with Crippen LogP contribution in [0.4, 0.5) is 0 Å². The van der Waals surface area contributed by atoms with Crippen LogP contribution in [0.3, 0.4) is 0 Å². The van der Waals surface area contributed by atoms with E-state index in [-0.39, 0.29) is 161 Å². The first-order valence-electron chi connectivity index (χ1n) is 46.5. The van der Waals surface area contributed by atoms with Gasteiger partial charge in [0.15, 0.2) is 55.5 Å². The summed E-state index contributed by atoms with van der Waals surface area (Å²) in [5.41, 5.74) is 0. The predicted molar refractivity (Wildman–Crippen MR) is 472 cm³/mol. The number of amides is 10. The predicted octanol–water partition coefficient (Wildman–Crippen LogP) is -0.870. The normalized spacial score (nSPS) is 23.8. The van der Waals surface area contributed by atoms with Gasteiger partial charge in [-0.15, -0.1) is 0 Å². The van der Waals surface area contributed by atoms with Crippen molar-refractivity contribution in [2.75, 3.05) is 119 Å². The molecular formula is C89H144N10O38. The minimum Gasteiger partial charge on any atom is -0.463 e. The Morgan fingerprint density at radius 2 is 0.562 bits per heavy atom. The lowest BCUT2D eigenvalue weighted by Crippen LogP contribution is -2.66. The highest BCUT2D eigenvalue weighted by Crippen LogP contribution is 2.35. The van der Waals surface area contributed by atoms with Crippen molar-refractivity contribution in [1.82, 2.24) is 52.8 Å². The third-order valence-corrected chi connectivity index (χ3v) is 21.3. The molecule has 0 spiro atoms. The summed E-state index contributed by atoms with van der Waals surface area (Å²) in [6.07, 6.45) is -12.4. The molecule has 48 heteroatoms. The first kappa shape index (κ1) is 119. The number of rotatable bonds is 64. The molecule has 48 nitrogen and oxygen atoms in total. The van der Waals surface area contributed by atoms with E-state index in [1.54, 1.807) is 11.9 Å². The molecule has 3 saturated heterocycles. The molecule has 0 aromatic rings. The van der Waals surface area contributed by atoms with E-state index in [9.17, 15) is 96.2 Å². The van der Waals surface area contributed by atoms with Crippen molar-refractivity contribution in [3.63, 3.8) is 0 Å². The number of ether oxygens (including phenoxy) is 18. The van der Waals surface area contributed by atoms with Crippen molar-refractivity contribution in [1.29, 1.82) is 0 Å². The molecule has 4 rings (SSSR count). The van der Waals surface area contributed by atoms with Gasteiger partial charge in [0.2, 0.25) is 59.1 Å². The number of carbonyl (C=O) groups excluding carboxylic acids is 19. The summed E-state index contributed by atoms with van der Waals surface area (Å²) in [4.78, 5) is 241. The Labute approximate surface area is 796 Å². The molecule has 778 valence electrons. The molecule has 0 radical (unpaired) electrons. The van der Waals surface area contributed by atoms with Crippen LogP contribution in [0.1, 0.15) is 218 Å². The molecule has 4 aliphatic rings. The molecule has 0 bridgehead atoms. The summed E-state index contributed by atoms with van der Waals surface area (Å²) in [6, 6.07) is -3.52. The van der Waals surface area contributed by atoms with Crippen molar-refractivity contribution >= 4 is 113 Å². The zero-order chi connectivity index (χ0) is 101. The summed E-state index contributed by atoms with van der Waals surface area (Å²) in [5.74, 6) is -11.4. The molecular weight excluding hydrogens is 1820 g/mol. The molecule has 10 amide bonds. The maximum absolute atomic E-state index is 14.4. The number of hydrogen-bond acceptors (Lipinski definition) is 38. The highest BCUT2D eigenvalue weighted by Gasteiger charge is 2.55. The van der Waals surface area contributed by atoms with Crippen LogP contribution in [-0.4, -0.2) is 352 Å². The Bertz CT molecular complexity index is 3710. The molecule has 17 atom stereocenters. The molecule has 3 heterocycles. The van der Waals surface area contributed by atoms with Gasteiger partial charge in [0, 0.05) is 207 Å². The fourth-order valence-corrected chi connectivity index (χ4v) is 15.3. The van der Waals surface area contributed by atoms with Crippen LogP contribution in [0, 0.1) is 5.92 Å². The lowest BCUT2D eigenvalue weighted by molar-refractivity contribution is -0.277. The summed E-state index contributed by atoms with van der Waals surface area (Å²) < 4.78 is 104. The van der Waals surface area contributed by atoms with E-state index in [4.69, 9.17) is 85.3 Å². The van der Waals surface area contributed by atoms with E-state index in [1.807, 2.05) is 0 Å². The zero-order valence-electron chi connectivity index (χ0n) is 80.8. The third kappa shape index (κ3) is 49.1. The molecule has 0 unspecified atom stereocenters. The Balaban J connectivity index is 1.38. The van der Waals surface area contributed by atoms with Crippen molar-refractivity contribution < 1.29 is 181 Å². The molecule has 1 aliphatic carbocycles. The molecule has 4 fully saturated rings. The van der Waals surface area contributed by atoms with E-state index >= 15 is 0 Å². The van der Waals surface area contributed by atoms with E-state index in [0.29, 0.717) is 77.2 Å². The second-order valence-electron chi connectivity index (χ2n) is 33.3. The molecule has 0 aromatic carbocycles. The summed E-state index contributed by atoms with van der Waals surface area (Å²) in [6.45, 7) is 13.4. The highest BCUT2D eigenvalue weighted by molar-refractivity contribution is 5.81. The minimum absolute atomic E-state index is 0.0143. The topological polar surface area (TPSA) is 622 Å². The number of aliphatic hydroxyl groups excluding tert-OH is 1. The lowest BCUT2D eigenvalue weighted by atomic mass is 9.82. The van der Waals surface area contributed by atoms with Crippen LogP contribution in [-0.2, 0) is 176 Å². The van der Waals surface area contributed by atoms with Gasteiger partial charge in [0.25, 0.3) is 0 Å². The van der Waals surface area contributed by atoms with Gasteiger partial charge in [-0.2, -0.15) is 0 Å². The second-order valence-corrected chi connectivity index (χ2v) is 33.3. The van der Waals surface area contributed by atoms with Crippen LogP contribution < -0.4 is 47.9 Å². The van der Waals surface area contributed by atoms with Crippen molar-refractivity contribution in [2.45, 2.75) is 328 Å². The minimum atomic E-state index is -1.32. The maximum atomic E-state index is 14.4. The van der Waals surface area contributed by atoms with Crippen molar-refractivity contribution in [3.8, 4) is 0 Å². The second kappa shape index (κ2) is 66.2. The van der Waals surface area contributed by atoms with Gasteiger partial charge < -0.3 is 143 Å². The van der Waals surface area contributed by atoms with Crippen LogP contribution in [0.2, 0.25) is 0 Å². The van der Waals surface area contributed by atoms with Crippen LogP contribution in [0.15, 0.2) is 0 Å². The van der Waals surface area contributed by atoms with E-state index in [1.165, 1.54) is 20.8 Å². The number of nitrogens with one attached hydrogen (secondary N) is 9. The third-order valence-electron chi connectivity index (χ3n) is 21.3.